The molecule has 2 rings (SSSR count). The Balaban J connectivity index is 2.18. The number of nitrogens with zero attached hydrogens (tertiary/aromatic N) is 1. The summed E-state index contributed by atoms with van der Waals surface area (Å²) in [5.41, 5.74) is 3.83. The van der Waals surface area contributed by atoms with Gasteiger partial charge in [0.15, 0.2) is 0 Å². The van der Waals surface area contributed by atoms with E-state index in [2.05, 4.69) is 10.4 Å². The molecule has 0 spiro atoms. The SMILES string of the molecule is COC1(C(Cc2ccncc2Cl)NN)CCCCCC1. The number of hydrogen-bond acceptors (Lipinski definition) is 4. The van der Waals surface area contributed by atoms with E-state index in [1.54, 1.807) is 19.5 Å². The van der Waals surface area contributed by atoms with Crippen LogP contribution in [0.1, 0.15) is 44.1 Å². The molecule has 1 aliphatic rings. The number of rotatable bonds is 5. The fraction of sp³-hybridized carbons (Fsp3) is 0.667. The molecule has 1 unspecified atom stereocenters. The molecule has 0 radical (unpaired) electrons. The molecule has 5 heteroatoms. The molecule has 0 aromatic carbocycles. The number of nitrogens with two attached hydrogens (primary N) is 1. The van der Waals surface area contributed by atoms with E-state index < -0.39 is 0 Å². The van der Waals surface area contributed by atoms with E-state index in [9.17, 15) is 0 Å². The van der Waals surface area contributed by atoms with Gasteiger partial charge in [-0.25, -0.2) is 0 Å². The van der Waals surface area contributed by atoms with Gasteiger partial charge >= 0.3 is 0 Å². The van der Waals surface area contributed by atoms with Crippen molar-refractivity contribution in [3.05, 3.63) is 29.0 Å². The molecule has 0 bridgehead atoms. The maximum absolute atomic E-state index is 6.21. The van der Waals surface area contributed by atoms with Crippen LogP contribution in [-0.4, -0.2) is 23.7 Å². The minimum atomic E-state index is -0.197. The standard InChI is InChI=1S/C15H24ClN3O/c1-20-15(7-4-2-3-5-8-15)14(19-17)10-12-6-9-18-11-13(12)16/h6,9,11,14,19H,2-5,7-8,10,17H2,1H3. The predicted octanol–water partition coefficient (Wildman–Crippen LogP) is 2.85. The molecular formula is C15H24ClN3O. The smallest absolute Gasteiger partial charge is 0.0847 e. The zero-order chi connectivity index (χ0) is 14.4. The van der Waals surface area contributed by atoms with Crippen LogP contribution in [0.2, 0.25) is 5.02 Å². The molecule has 3 N–H and O–H groups in total. The van der Waals surface area contributed by atoms with Gasteiger partial charge in [-0.15, -0.1) is 0 Å². The highest BCUT2D eigenvalue weighted by Crippen LogP contribution is 2.34. The topological polar surface area (TPSA) is 60.2 Å². The predicted molar refractivity (Wildman–Crippen MR) is 81.5 cm³/mol. The first-order valence-electron chi connectivity index (χ1n) is 7.31. The van der Waals surface area contributed by atoms with Crippen molar-refractivity contribution in [2.75, 3.05) is 7.11 Å². The lowest BCUT2D eigenvalue weighted by atomic mass is 9.83. The number of ether oxygens (including phenoxy) is 1. The molecule has 1 fully saturated rings. The molecule has 0 saturated heterocycles. The Morgan fingerprint density at radius 2 is 2.10 bits per heavy atom. The average Bonchev–Trinajstić information content (AvgIpc) is 2.73. The molecule has 1 heterocycles. The lowest BCUT2D eigenvalue weighted by Crippen LogP contribution is -2.55. The minimum Gasteiger partial charge on any atom is -0.377 e. The Morgan fingerprint density at radius 1 is 1.40 bits per heavy atom. The fourth-order valence-electron chi connectivity index (χ4n) is 3.21. The Bertz CT molecular complexity index is 419. The summed E-state index contributed by atoms with van der Waals surface area (Å²) in [5.74, 6) is 5.82. The van der Waals surface area contributed by atoms with Crippen molar-refractivity contribution in [3.8, 4) is 0 Å². The van der Waals surface area contributed by atoms with Gasteiger partial charge in [0.25, 0.3) is 0 Å². The van der Waals surface area contributed by atoms with E-state index in [1.807, 2.05) is 6.07 Å². The maximum atomic E-state index is 6.21. The van der Waals surface area contributed by atoms with Crippen LogP contribution in [0.25, 0.3) is 0 Å². The second kappa shape index (κ2) is 7.36. The number of aromatic nitrogens is 1. The van der Waals surface area contributed by atoms with E-state index in [4.69, 9.17) is 22.2 Å². The van der Waals surface area contributed by atoms with Gasteiger partial charge in [-0.1, -0.05) is 37.3 Å². The van der Waals surface area contributed by atoms with Gasteiger partial charge in [0.2, 0.25) is 0 Å². The summed E-state index contributed by atoms with van der Waals surface area (Å²) in [7, 11) is 1.80. The molecule has 1 atom stereocenters. The first-order chi connectivity index (χ1) is 9.72. The van der Waals surface area contributed by atoms with Crippen LogP contribution in [0.4, 0.5) is 0 Å². The third-order valence-corrected chi connectivity index (χ3v) is 4.81. The van der Waals surface area contributed by atoms with Crippen LogP contribution in [0, 0.1) is 0 Å². The molecule has 1 aromatic heterocycles. The average molecular weight is 298 g/mol. The van der Waals surface area contributed by atoms with E-state index in [0.717, 1.165) is 24.8 Å². The van der Waals surface area contributed by atoms with E-state index in [1.165, 1.54) is 25.7 Å². The van der Waals surface area contributed by atoms with Crippen molar-refractivity contribution in [1.82, 2.24) is 10.4 Å². The first kappa shape index (κ1) is 15.7. The Hall–Kier alpha value is -0.680. The molecule has 1 aromatic rings. The van der Waals surface area contributed by atoms with Crippen LogP contribution < -0.4 is 11.3 Å². The highest BCUT2D eigenvalue weighted by Gasteiger charge is 2.38. The Labute approximate surface area is 126 Å². The number of halogens is 1. The Kier molecular flexibility index (Phi) is 5.78. The molecule has 1 aliphatic carbocycles. The second-order valence-electron chi connectivity index (χ2n) is 5.57. The molecule has 4 nitrogen and oxygen atoms in total. The summed E-state index contributed by atoms with van der Waals surface area (Å²) < 4.78 is 5.92. The van der Waals surface area contributed by atoms with Gasteiger partial charge in [-0.2, -0.15) is 0 Å². The normalized spacial score (nSPS) is 20.4. The van der Waals surface area contributed by atoms with Crippen molar-refractivity contribution in [1.29, 1.82) is 0 Å². The van der Waals surface area contributed by atoms with Gasteiger partial charge < -0.3 is 4.74 Å². The van der Waals surface area contributed by atoms with Crippen molar-refractivity contribution in [3.63, 3.8) is 0 Å². The van der Waals surface area contributed by atoms with Crippen LogP contribution in [0.15, 0.2) is 18.5 Å². The highest BCUT2D eigenvalue weighted by molar-refractivity contribution is 6.31. The van der Waals surface area contributed by atoms with Crippen LogP contribution in [0.3, 0.4) is 0 Å². The van der Waals surface area contributed by atoms with Crippen LogP contribution >= 0.6 is 11.6 Å². The largest absolute Gasteiger partial charge is 0.377 e. The lowest BCUT2D eigenvalue weighted by molar-refractivity contribution is -0.0527. The lowest BCUT2D eigenvalue weighted by Gasteiger charge is -2.39. The number of nitrogens with one attached hydrogen (secondary N) is 1. The highest BCUT2D eigenvalue weighted by atomic mass is 35.5. The maximum Gasteiger partial charge on any atom is 0.0847 e. The molecule has 1 saturated carbocycles. The van der Waals surface area contributed by atoms with Gasteiger partial charge in [0.1, 0.15) is 0 Å². The van der Waals surface area contributed by atoms with Crippen molar-refractivity contribution in [2.24, 2.45) is 5.84 Å². The summed E-state index contributed by atoms with van der Waals surface area (Å²) in [4.78, 5) is 4.03. The zero-order valence-electron chi connectivity index (χ0n) is 12.1. The molecular weight excluding hydrogens is 274 g/mol. The number of hydrogen-bond donors (Lipinski definition) is 2. The zero-order valence-corrected chi connectivity index (χ0v) is 12.8. The van der Waals surface area contributed by atoms with E-state index >= 15 is 0 Å². The number of methoxy groups -OCH3 is 1. The molecule has 112 valence electrons. The van der Waals surface area contributed by atoms with Crippen LogP contribution in [-0.2, 0) is 11.2 Å². The van der Waals surface area contributed by atoms with Crippen molar-refractivity contribution < 1.29 is 4.74 Å². The summed E-state index contributed by atoms with van der Waals surface area (Å²) in [6, 6.07) is 2.01. The molecule has 0 aliphatic heterocycles. The van der Waals surface area contributed by atoms with Crippen LogP contribution in [0.5, 0.6) is 0 Å². The second-order valence-corrected chi connectivity index (χ2v) is 5.98. The molecule has 20 heavy (non-hydrogen) atoms. The van der Waals surface area contributed by atoms with Gasteiger partial charge in [-0.3, -0.25) is 16.3 Å². The molecule has 0 amide bonds. The summed E-state index contributed by atoms with van der Waals surface area (Å²) >= 11 is 6.21. The van der Waals surface area contributed by atoms with Crippen molar-refractivity contribution >= 4 is 11.6 Å². The van der Waals surface area contributed by atoms with E-state index in [0.29, 0.717) is 5.02 Å². The summed E-state index contributed by atoms with van der Waals surface area (Å²) in [5, 5.41) is 0.688. The van der Waals surface area contributed by atoms with Crippen molar-refractivity contribution in [2.45, 2.75) is 56.6 Å². The third kappa shape index (κ3) is 3.50. The third-order valence-electron chi connectivity index (χ3n) is 4.47. The van der Waals surface area contributed by atoms with Gasteiger partial charge in [-0.05, 0) is 30.9 Å². The quantitative estimate of drug-likeness (QED) is 0.498. The van der Waals surface area contributed by atoms with Gasteiger partial charge in [0, 0.05) is 19.5 Å². The minimum absolute atomic E-state index is 0.0606. The number of pyridine rings is 1. The summed E-state index contributed by atoms with van der Waals surface area (Å²) in [6.07, 6.45) is 11.2. The van der Waals surface area contributed by atoms with Gasteiger partial charge in [0.05, 0.1) is 16.7 Å². The summed E-state index contributed by atoms with van der Waals surface area (Å²) in [6.45, 7) is 0. The monoisotopic (exact) mass is 297 g/mol. The van der Waals surface area contributed by atoms with E-state index in [-0.39, 0.29) is 11.6 Å². The Morgan fingerprint density at radius 3 is 2.65 bits per heavy atom. The number of hydrazine groups is 1. The fourth-order valence-corrected chi connectivity index (χ4v) is 3.40. The first-order valence-corrected chi connectivity index (χ1v) is 7.69.